The largest absolute Gasteiger partial charge is 0.494 e. The summed E-state index contributed by atoms with van der Waals surface area (Å²) >= 11 is 0. The summed E-state index contributed by atoms with van der Waals surface area (Å²) in [4.78, 5) is 14.2. The highest BCUT2D eigenvalue weighted by Gasteiger charge is 2.10. The monoisotopic (exact) mass is 259 g/mol. The van der Waals surface area contributed by atoms with Crippen LogP contribution in [0.4, 0.5) is 11.4 Å². The van der Waals surface area contributed by atoms with E-state index in [1.807, 2.05) is 12.1 Å². The van der Waals surface area contributed by atoms with Gasteiger partial charge in [-0.05, 0) is 23.8 Å². The number of non-ortho nitro benzene ring substituents is 1. The van der Waals surface area contributed by atoms with Crippen LogP contribution in [0.2, 0.25) is 0 Å². The molecule has 0 aliphatic rings. The van der Waals surface area contributed by atoms with E-state index in [1.54, 1.807) is 18.5 Å². The second-order valence-electron chi connectivity index (χ2n) is 3.85. The van der Waals surface area contributed by atoms with Crippen molar-refractivity contribution in [3.63, 3.8) is 0 Å². The second-order valence-corrected chi connectivity index (χ2v) is 3.85. The molecular formula is C13H13N3O3. The predicted molar refractivity (Wildman–Crippen MR) is 71.2 cm³/mol. The summed E-state index contributed by atoms with van der Waals surface area (Å²) in [7, 11) is 1.48. The van der Waals surface area contributed by atoms with Gasteiger partial charge in [0.05, 0.1) is 23.8 Å². The number of nitro groups is 1. The minimum absolute atomic E-state index is 0.00584. The fourth-order valence-electron chi connectivity index (χ4n) is 1.64. The van der Waals surface area contributed by atoms with Crippen LogP contribution < -0.4 is 10.1 Å². The number of nitro benzene ring substituents is 1. The Labute approximate surface area is 110 Å². The van der Waals surface area contributed by atoms with E-state index in [-0.39, 0.29) is 5.69 Å². The van der Waals surface area contributed by atoms with Crippen molar-refractivity contribution in [2.24, 2.45) is 0 Å². The lowest BCUT2D eigenvalue weighted by Crippen LogP contribution is -2.02. The number of methoxy groups -OCH3 is 1. The van der Waals surface area contributed by atoms with E-state index < -0.39 is 4.92 Å². The number of rotatable bonds is 5. The van der Waals surface area contributed by atoms with Gasteiger partial charge in [-0.15, -0.1) is 0 Å². The molecule has 2 rings (SSSR count). The number of anilines is 1. The van der Waals surface area contributed by atoms with Crippen LogP contribution in [0.15, 0.2) is 42.7 Å². The molecular weight excluding hydrogens is 246 g/mol. The Morgan fingerprint density at radius 2 is 2.05 bits per heavy atom. The van der Waals surface area contributed by atoms with Gasteiger partial charge in [-0.25, -0.2) is 0 Å². The van der Waals surface area contributed by atoms with Crippen molar-refractivity contribution in [2.75, 3.05) is 12.4 Å². The van der Waals surface area contributed by atoms with Gasteiger partial charge in [-0.1, -0.05) is 0 Å². The smallest absolute Gasteiger partial charge is 0.273 e. The number of aromatic nitrogens is 1. The van der Waals surface area contributed by atoms with Crippen molar-refractivity contribution in [3.8, 4) is 5.75 Å². The molecule has 0 atom stereocenters. The third-order valence-electron chi connectivity index (χ3n) is 2.63. The van der Waals surface area contributed by atoms with Gasteiger partial charge in [0, 0.05) is 25.0 Å². The molecule has 1 N–H and O–H groups in total. The molecule has 0 bridgehead atoms. The molecule has 0 amide bonds. The van der Waals surface area contributed by atoms with Crippen LogP contribution in [0.5, 0.6) is 5.75 Å². The van der Waals surface area contributed by atoms with Crippen molar-refractivity contribution in [2.45, 2.75) is 6.54 Å². The molecule has 0 saturated carbocycles. The number of hydrogen-bond donors (Lipinski definition) is 1. The van der Waals surface area contributed by atoms with Gasteiger partial charge in [0.25, 0.3) is 5.69 Å². The maximum absolute atomic E-state index is 10.7. The van der Waals surface area contributed by atoms with Gasteiger partial charge in [-0.2, -0.15) is 0 Å². The Kier molecular flexibility index (Phi) is 3.92. The average Bonchev–Trinajstić information content (AvgIpc) is 2.45. The molecule has 0 aliphatic carbocycles. The van der Waals surface area contributed by atoms with Gasteiger partial charge < -0.3 is 10.1 Å². The van der Waals surface area contributed by atoms with E-state index in [0.29, 0.717) is 18.0 Å². The van der Waals surface area contributed by atoms with E-state index in [4.69, 9.17) is 4.74 Å². The lowest BCUT2D eigenvalue weighted by Gasteiger charge is -2.10. The van der Waals surface area contributed by atoms with Crippen LogP contribution in [0, 0.1) is 10.1 Å². The van der Waals surface area contributed by atoms with Gasteiger partial charge in [-0.3, -0.25) is 15.1 Å². The zero-order valence-corrected chi connectivity index (χ0v) is 10.4. The van der Waals surface area contributed by atoms with E-state index in [1.165, 1.54) is 19.2 Å². The Balaban J connectivity index is 2.14. The molecule has 19 heavy (non-hydrogen) atoms. The van der Waals surface area contributed by atoms with Crippen molar-refractivity contribution >= 4 is 11.4 Å². The highest BCUT2D eigenvalue weighted by Crippen LogP contribution is 2.29. The zero-order chi connectivity index (χ0) is 13.7. The topological polar surface area (TPSA) is 77.3 Å². The third kappa shape index (κ3) is 3.19. The number of nitrogens with one attached hydrogen (secondary N) is 1. The normalized spacial score (nSPS) is 9.95. The standard InChI is InChI=1S/C13H13N3O3/c1-19-13-8-11(16(17)18)2-3-12(13)15-9-10-4-6-14-7-5-10/h2-8,15H,9H2,1H3. The van der Waals surface area contributed by atoms with Gasteiger partial charge in [0.15, 0.2) is 0 Å². The third-order valence-corrected chi connectivity index (χ3v) is 2.63. The molecule has 0 radical (unpaired) electrons. The number of benzene rings is 1. The molecule has 6 heteroatoms. The molecule has 1 heterocycles. The zero-order valence-electron chi connectivity index (χ0n) is 10.4. The van der Waals surface area contributed by atoms with Gasteiger partial charge in [0.1, 0.15) is 5.75 Å². The molecule has 1 aromatic heterocycles. The first-order valence-electron chi connectivity index (χ1n) is 5.66. The number of nitrogens with zero attached hydrogens (tertiary/aromatic N) is 2. The number of hydrogen-bond acceptors (Lipinski definition) is 5. The summed E-state index contributed by atoms with van der Waals surface area (Å²) in [6.45, 7) is 0.594. The average molecular weight is 259 g/mol. The van der Waals surface area contributed by atoms with Crippen LogP contribution >= 0.6 is 0 Å². The fraction of sp³-hybridized carbons (Fsp3) is 0.154. The molecule has 0 fully saturated rings. The van der Waals surface area contributed by atoms with Crippen LogP contribution in [-0.4, -0.2) is 17.0 Å². The highest BCUT2D eigenvalue weighted by molar-refractivity contribution is 5.60. The van der Waals surface area contributed by atoms with Crippen LogP contribution in [0.25, 0.3) is 0 Å². The SMILES string of the molecule is COc1cc([N+](=O)[O-])ccc1NCc1ccncc1. The molecule has 0 unspecified atom stereocenters. The van der Waals surface area contributed by atoms with Crippen molar-refractivity contribution in [1.82, 2.24) is 4.98 Å². The summed E-state index contributed by atoms with van der Waals surface area (Å²) in [5, 5.41) is 13.9. The first kappa shape index (κ1) is 12.8. The van der Waals surface area contributed by atoms with Gasteiger partial charge in [0.2, 0.25) is 0 Å². The maximum Gasteiger partial charge on any atom is 0.273 e. The Hall–Kier alpha value is -2.63. The first-order valence-corrected chi connectivity index (χ1v) is 5.66. The lowest BCUT2D eigenvalue weighted by atomic mass is 10.2. The van der Waals surface area contributed by atoms with Crippen LogP contribution in [-0.2, 0) is 6.54 Å². The molecule has 0 saturated heterocycles. The van der Waals surface area contributed by atoms with Crippen molar-refractivity contribution < 1.29 is 9.66 Å². The van der Waals surface area contributed by atoms with E-state index >= 15 is 0 Å². The molecule has 6 nitrogen and oxygen atoms in total. The van der Waals surface area contributed by atoms with E-state index in [0.717, 1.165) is 5.56 Å². The second kappa shape index (κ2) is 5.81. The fourth-order valence-corrected chi connectivity index (χ4v) is 1.64. The van der Waals surface area contributed by atoms with Crippen LogP contribution in [0.1, 0.15) is 5.56 Å². The van der Waals surface area contributed by atoms with Crippen molar-refractivity contribution in [1.29, 1.82) is 0 Å². The van der Waals surface area contributed by atoms with Crippen molar-refractivity contribution in [3.05, 3.63) is 58.4 Å². The number of ether oxygens (including phenoxy) is 1. The minimum Gasteiger partial charge on any atom is -0.494 e. The molecule has 0 aliphatic heterocycles. The lowest BCUT2D eigenvalue weighted by molar-refractivity contribution is -0.384. The van der Waals surface area contributed by atoms with Gasteiger partial charge >= 0.3 is 0 Å². The summed E-state index contributed by atoms with van der Waals surface area (Å²) in [6, 6.07) is 8.26. The minimum atomic E-state index is -0.449. The summed E-state index contributed by atoms with van der Waals surface area (Å²) < 4.78 is 5.15. The van der Waals surface area contributed by atoms with E-state index in [9.17, 15) is 10.1 Å². The summed E-state index contributed by atoms with van der Waals surface area (Å²) in [5.41, 5.74) is 1.78. The first-order chi connectivity index (χ1) is 9.20. The summed E-state index contributed by atoms with van der Waals surface area (Å²) in [5.74, 6) is 0.447. The van der Waals surface area contributed by atoms with E-state index in [2.05, 4.69) is 10.3 Å². The molecule has 1 aromatic carbocycles. The predicted octanol–water partition coefficient (Wildman–Crippen LogP) is 2.61. The Bertz CT molecular complexity index is 573. The molecule has 2 aromatic rings. The number of pyridine rings is 1. The molecule has 98 valence electrons. The highest BCUT2D eigenvalue weighted by atomic mass is 16.6. The summed E-state index contributed by atoms with van der Waals surface area (Å²) in [6.07, 6.45) is 3.42. The maximum atomic E-state index is 10.7. The molecule has 0 spiro atoms. The Morgan fingerprint density at radius 1 is 1.32 bits per heavy atom. The van der Waals surface area contributed by atoms with Crippen LogP contribution in [0.3, 0.4) is 0 Å². The quantitative estimate of drug-likeness (QED) is 0.659. The Morgan fingerprint density at radius 3 is 2.68 bits per heavy atom.